The number of anilines is 1. The fraction of sp³-hybridized carbons (Fsp3) is 0.467. The lowest BCUT2D eigenvalue weighted by Gasteiger charge is -2.11. The minimum atomic E-state index is -3.59. The largest absolute Gasteiger partial charge is 0.356 e. The second-order valence-electron chi connectivity index (χ2n) is 5.51. The first-order chi connectivity index (χ1) is 10.8. The monoisotopic (exact) mass is 339 g/mol. The van der Waals surface area contributed by atoms with Gasteiger partial charge in [0.05, 0.1) is 11.3 Å². The topological polar surface area (TPSA) is 95.6 Å². The average Bonchev–Trinajstić information content (AvgIpc) is 2.77. The van der Waals surface area contributed by atoms with Gasteiger partial charge in [0.15, 0.2) is 0 Å². The Morgan fingerprint density at radius 2 is 1.96 bits per heavy atom. The quantitative estimate of drug-likeness (QED) is 0.703. The minimum absolute atomic E-state index is 0.0412. The second-order valence-corrected chi connectivity index (χ2v) is 7.27. The summed E-state index contributed by atoms with van der Waals surface area (Å²) in [5, 5.41) is 2.66. The highest BCUT2D eigenvalue weighted by atomic mass is 32.2. The maximum absolute atomic E-state index is 12.3. The highest BCUT2D eigenvalue weighted by Gasteiger charge is 2.26. The number of amides is 2. The Balaban J connectivity index is 1.92. The summed E-state index contributed by atoms with van der Waals surface area (Å²) in [6.45, 7) is 2.28. The van der Waals surface area contributed by atoms with Crippen LogP contribution in [-0.2, 0) is 26.0 Å². The van der Waals surface area contributed by atoms with Gasteiger partial charge in [0.25, 0.3) is 0 Å². The third-order valence-electron chi connectivity index (χ3n) is 3.71. The average molecular weight is 339 g/mol. The predicted octanol–water partition coefficient (Wildman–Crippen LogP) is 0.400. The summed E-state index contributed by atoms with van der Waals surface area (Å²) in [5.74, 6) is -0.135. The van der Waals surface area contributed by atoms with E-state index in [0.717, 1.165) is 11.3 Å². The molecule has 0 aliphatic carbocycles. The van der Waals surface area contributed by atoms with Crippen LogP contribution in [0.2, 0.25) is 0 Å². The fourth-order valence-corrected chi connectivity index (χ4v) is 3.54. The number of unbranched alkanes of at least 4 members (excludes halogenated alkanes) is 1. The lowest BCUT2D eigenvalue weighted by molar-refractivity contribution is -0.119. The van der Waals surface area contributed by atoms with E-state index in [9.17, 15) is 18.0 Å². The lowest BCUT2D eigenvalue weighted by Crippen LogP contribution is -2.26. The smallest absolute Gasteiger partial charge is 0.240 e. The number of fused-ring (bicyclic) bond motifs is 1. The highest BCUT2D eigenvalue weighted by molar-refractivity contribution is 7.89. The van der Waals surface area contributed by atoms with E-state index in [1.165, 1.54) is 17.9 Å². The molecular formula is C15H21N3O4S. The standard InChI is InChI=1S/C15H21N3O4S/c1-11(19)16-7-3-4-8-17-23(21,22)13-5-6-14-12(9-13)10-15(20)18(14)2/h5-6,9,17H,3-4,7-8,10H2,1-2H3,(H,16,19). The van der Waals surface area contributed by atoms with Gasteiger partial charge in [-0.3, -0.25) is 9.59 Å². The maximum Gasteiger partial charge on any atom is 0.240 e. The maximum atomic E-state index is 12.3. The normalized spacial score (nSPS) is 14.0. The van der Waals surface area contributed by atoms with E-state index in [2.05, 4.69) is 10.0 Å². The van der Waals surface area contributed by atoms with Crippen molar-refractivity contribution >= 4 is 27.5 Å². The van der Waals surface area contributed by atoms with Crippen LogP contribution in [0.5, 0.6) is 0 Å². The molecule has 0 unspecified atom stereocenters. The number of benzene rings is 1. The van der Waals surface area contributed by atoms with Crippen molar-refractivity contribution < 1.29 is 18.0 Å². The molecule has 2 N–H and O–H groups in total. The van der Waals surface area contributed by atoms with Gasteiger partial charge in [-0.1, -0.05) is 0 Å². The van der Waals surface area contributed by atoms with Crippen molar-refractivity contribution in [1.82, 2.24) is 10.0 Å². The molecule has 1 aliphatic rings. The number of likely N-dealkylation sites (N-methyl/N-ethyl adjacent to an activating group) is 1. The van der Waals surface area contributed by atoms with Crippen molar-refractivity contribution in [2.24, 2.45) is 0 Å². The van der Waals surface area contributed by atoms with Gasteiger partial charge in [0.1, 0.15) is 0 Å². The Hall–Kier alpha value is -1.93. The van der Waals surface area contributed by atoms with Crippen molar-refractivity contribution in [3.05, 3.63) is 23.8 Å². The van der Waals surface area contributed by atoms with E-state index >= 15 is 0 Å². The van der Waals surface area contributed by atoms with E-state index in [0.29, 0.717) is 25.9 Å². The van der Waals surface area contributed by atoms with Gasteiger partial charge in [0.2, 0.25) is 21.8 Å². The number of nitrogens with one attached hydrogen (secondary N) is 2. The Morgan fingerprint density at radius 1 is 1.26 bits per heavy atom. The van der Waals surface area contributed by atoms with Gasteiger partial charge >= 0.3 is 0 Å². The molecule has 0 spiro atoms. The molecule has 126 valence electrons. The van der Waals surface area contributed by atoms with Gasteiger partial charge in [-0.05, 0) is 36.6 Å². The summed E-state index contributed by atoms with van der Waals surface area (Å²) >= 11 is 0. The van der Waals surface area contributed by atoms with Crippen LogP contribution in [-0.4, -0.2) is 40.4 Å². The number of carbonyl (C=O) groups excluding carboxylic acids is 2. The van der Waals surface area contributed by atoms with E-state index in [-0.39, 0.29) is 23.1 Å². The molecule has 2 amide bonds. The number of rotatable bonds is 7. The van der Waals surface area contributed by atoms with E-state index < -0.39 is 10.0 Å². The van der Waals surface area contributed by atoms with Crippen molar-refractivity contribution in [1.29, 1.82) is 0 Å². The number of carbonyl (C=O) groups is 2. The Kier molecular flexibility index (Phi) is 5.38. The molecule has 23 heavy (non-hydrogen) atoms. The molecule has 7 nitrogen and oxygen atoms in total. The van der Waals surface area contributed by atoms with Crippen molar-refractivity contribution in [3.8, 4) is 0 Å². The second kappa shape index (κ2) is 7.10. The van der Waals surface area contributed by atoms with Crippen LogP contribution in [0.4, 0.5) is 5.69 Å². The van der Waals surface area contributed by atoms with Crippen LogP contribution in [0.15, 0.2) is 23.1 Å². The van der Waals surface area contributed by atoms with Gasteiger partial charge in [-0.2, -0.15) is 0 Å². The summed E-state index contributed by atoms with van der Waals surface area (Å²) in [6, 6.07) is 4.72. The molecule has 0 bridgehead atoms. The van der Waals surface area contributed by atoms with E-state index in [1.807, 2.05) is 0 Å². The molecule has 8 heteroatoms. The fourth-order valence-electron chi connectivity index (χ4n) is 2.42. The van der Waals surface area contributed by atoms with Crippen LogP contribution in [0.1, 0.15) is 25.3 Å². The van der Waals surface area contributed by atoms with E-state index in [1.54, 1.807) is 19.2 Å². The molecule has 1 aromatic rings. The molecule has 1 heterocycles. The van der Waals surface area contributed by atoms with E-state index in [4.69, 9.17) is 0 Å². The summed E-state index contributed by atoms with van der Waals surface area (Å²) < 4.78 is 27.1. The minimum Gasteiger partial charge on any atom is -0.356 e. The molecule has 2 rings (SSSR count). The zero-order valence-electron chi connectivity index (χ0n) is 13.3. The molecule has 0 saturated carbocycles. The third-order valence-corrected chi connectivity index (χ3v) is 5.17. The number of nitrogens with zero attached hydrogens (tertiary/aromatic N) is 1. The van der Waals surface area contributed by atoms with Gasteiger partial charge < -0.3 is 10.2 Å². The molecule has 1 aromatic carbocycles. The molecule has 0 aromatic heterocycles. The lowest BCUT2D eigenvalue weighted by atomic mass is 10.2. The molecule has 0 radical (unpaired) electrons. The van der Waals surface area contributed by atoms with Crippen LogP contribution in [0.3, 0.4) is 0 Å². The first-order valence-electron chi connectivity index (χ1n) is 7.45. The van der Waals surface area contributed by atoms with Gasteiger partial charge in [-0.25, -0.2) is 13.1 Å². The van der Waals surface area contributed by atoms with Crippen molar-refractivity contribution in [3.63, 3.8) is 0 Å². The van der Waals surface area contributed by atoms with Crippen molar-refractivity contribution in [2.75, 3.05) is 25.0 Å². The number of sulfonamides is 1. The van der Waals surface area contributed by atoms with Crippen LogP contribution in [0.25, 0.3) is 0 Å². The third kappa shape index (κ3) is 4.29. The molecular weight excluding hydrogens is 318 g/mol. The molecule has 0 fully saturated rings. The first-order valence-corrected chi connectivity index (χ1v) is 8.93. The summed E-state index contributed by atoms with van der Waals surface area (Å²) in [7, 11) is -1.91. The highest BCUT2D eigenvalue weighted by Crippen LogP contribution is 2.29. The van der Waals surface area contributed by atoms with Crippen molar-refractivity contribution in [2.45, 2.75) is 31.1 Å². The molecule has 0 atom stereocenters. The summed E-state index contributed by atoms with van der Waals surface area (Å²) in [4.78, 5) is 24.0. The van der Waals surface area contributed by atoms with Gasteiger partial charge in [0, 0.05) is 32.7 Å². The van der Waals surface area contributed by atoms with Gasteiger partial charge in [-0.15, -0.1) is 0 Å². The molecule has 0 saturated heterocycles. The summed E-state index contributed by atoms with van der Waals surface area (Å²) in [5.41, 5.74) is 1.48. The van der Waals surface area contributed by atoms with Crippen LogP contribution in [0, 0.1) is 0 Å². The number of hydrogen-bond donors (Lipinski definition) is 2. The SMILES string of the molecule is CC(=O)NCCCCNS(=O)(=O)c1ccc2c(c1)CC(=O)N2C. The molecule has 1 aliphatic heterocycles. The van der Waals surface area contributed by atoms with Crippen LogP contribution < -0.4 is 14.9 Å². The Morgan fingerprint density at radius 3 is 2.65 bits per heavy atom. The summed E-state index contributed by atoms with van der Waals surface area (Å²) in [6.07, 6.45) is 1.56. The van der Waals surface area contributed by atoms with Crippen LogP contribution >= 0.6 is 0 Å². The Bertz CT molecular complexity index is 715. The first kappa shape index (κ1) is 17.4. The predicted molar refractivity (Wildman–Crippen MR) is 86.7 cm³/mol. The number of hydrogen-bond acceptors (Lipinski definition) is 4. The zero-order chi connectivity index (χ0) is 17.0. The zero-order valence-corrected chi connectivity index (χ0v) is 14.1. The Labute approximate surface area is 136 Å².